The van der Waals surface area contributed by atoms with Gasteiger partial charge in [-0.15, -0.1) is 0 Å². The van der Waals surface area contributed by atoms with Crippen LogP contribution in [0, 0.1) is 16.7 Å². The lowest BCUT2D eigenvalue weighted by Crippen LogP contribution is -2.67. The number of nitrogens with one attached hydrogen (secondary N) is 1. The molecule has 1 rings (SSSR count). The van der Waals surface area contributed by atoms with Gasteiger partial charge in [0, 0.05) is 13.1 Å². The summed E-state index contributed by atoms with van der Waals surface area (Å²) >= 11 is 0. The van der Waals surface area contributed by atoms with Gasteiger partial charge in [0.25, 0.3) is 0 Å². The Hall–Kier alpha value is -1.26. The van der Waals surface area contributed by atoms with Crippen LogP contribution in [0.15, 0.2) is 0 Å². The van der Waals surface area contributed by atoms with Crippen molar-refractivity contribution in [3.8, 4) is 0 Å². The monoisotopic (exact) mass is 184 g/mol. The normalized spacial score (nSPS) is 19.8. The van der Waals surface area contributed by atoms with Crippen LogP contribution in [0.2, 0.25) is 0 Å². The number of amides is 1. The van der Waals surface area contributed by atoms with E-state index in [0.717, 1.165) is 0 Å². The summed E-state index contributed by atoms with van der Waals surface area (Å²) in [4.78, 5) is 12.8. The lowest BCUT2D eigenvalue weighted by molar-refractivity contribution is -0.139. The Kier molecular flexibility index (Phi) is 2.19. The van der Waals surface area contributed by atoms with E-state index >= 15 is 0 Å². The number of carbonyl (C=O) groups excluding carboxylic acids is 1. The van der Waals surface area contributed by atoms with Crippen LogP contribution in [0.5, 0.6) is 0 Å². The lowest BCUT2D eigenvalue weighted by Gasteiger charge is -2.50. The molecule has 1 aliphatic rings. The summed E-state index contributed by atoms with van der Waals surface area (Å²) in [5.41, 5.74) is 10.1. The molecule has 13 heavy (non-hydrogen) atoms. The van der Waals surface area contributed by atoms with Gasteiger partial charge in [0.2, 0.25) is 5.91 Å². The fourth-order valence-corrected chi connectivity index (χ4v) is 1.61. The maximum absolute atomic E-state index is 11.2. The van der Waals surface area contributed by atoms with Crippen LogP contribution < -0.4 is 11.5 Å². The molecule has 5 nitrogen and oxygen atoms in total. The lowest BCUT2D eigenvalue weighted by atomic mass is 9.70. The Morgan fingerprint density at radius 1 is 1.46 bits per heavy atom. The van der Waals surface area contributed by atoms with Gasteiger partial charge in [-0.25, -0.2) is 0 Å². The molecule has 1 saturated heterocycles. The first-order valence-corrected chi connectivity index (χ1v) is 4.29. The highest BCUT2D eigenvalue weighted by Gasteiger charge is 2.50. The smallest absolute Gasteiger partial charge is 0.227 e. The average Bonchev–Trinajstić information content (AvgIpc) is 1.80. The number of primary amides is 1. The molecule has 0 aromatic rings. The first kappa shape index (κ1) is 9.83. The van der Waals surface area contributed by atoms with Crippen LogP contribution in [0.3, 0.4) is 0 Å². The number of hydrogen-bond acceptors (Lipinski definition) is 2. The third-order valence-corrected chi connectivity index (χ3v) is 2.88. The van der Waals surface area contributed by atoms with Gasteiger partial charge in [0.15, 0.2) is 5.96 Å². The second-order valence-corrected chi connectivity index (χ2v) is 3.92. The first-order valence-electron chi connectivity index (χ1n) is 4.29. The van der Waals surface area contributed by atoms with Gasteiger partial charge in [-0.1, -0.05) is 13.8 Å². The second-order valence-electron chi connectivity index (χ2n) is 3.92. The van der Waals surface area contributed by atoms with Crippen molar-refractivity contribution in [2.75, 3.05) is 13.1 Å². The van der Waals surface area contributed by atoms with Crippen molar-refractivity contribution in [1.82, 2.24) is 4.90 Å². The Balaban J connectivity index is 2.69. The van der Waals surface area contributed by atoms with E-state index in [1.165, 1.54) is 0 Å². The molecule has 0 radical (unpaired) electrons. The van der Waals surface area contributed by atoms with Crippen molar-refractivity contribution in [2.24, 2.45) is 22.8 Å². The number of nitrogens with zero attached hydrogens (tertiary/aromatic N) is 1. The summed E-state index contributed by atoms with van der Waals surface area (Å²) in [6, 6.07) is 0. The number of carbonyl (C=O) groups is 1. The number of nitrogens with two attached hydrogens (primary N) is 2. The fourth-order valence-electron chi connectivity index (χ4n) is 1.61. The van der Waals surface area contributed by atoms with Crippen molar-refractivity contribution in [1.29, 1.82) is 5.41 Å². The molecule has 0 aromatic heterocycles. The third-order valence-electron chi connectivity index (χ3n) is 2.88. The molecule has 1 heterocycles. The highest BCUT2D eigenvalue weighted by molar-refractivity contribution is 5.86. The van der Waals surface area contributed by atoms with Crippen LogP contribution in [0.1, 0.15) is 13.8 Å². The third kappa shape index (κ3) is 1.34. The standard InChI is InChI=1S/C8H16N4O/c1-5(2)8(6(9)13)3-12(4-8)7(10)11/h5H,3-4H2,1-2H3,(H2,9,13)(H3,10,11). The van der Waals surface area contributed by atoms with E-state index in [1.54, 1.807) is 4.90 Å². The molecule has 0 spiro atoms. The maximum Gasteiger partial charge on any atom is 0.227 e. The molecule has 0 atom stereocenters. The molecule has 5 N–H and O–H groups in total. The van der Waals surface area contributed by atoms with Gasteiger partial charge in [-0.2, -0.15) is 0 Å². The zero-order chi connectivity index (χ0) is 10.2. The molecule has 0 aliphatic carbocycles. The van der Waals surface area contributed by atoms with Crippen LogP contribution in [0.4, 0.5) is 0 Å². The molecule has 0 saturated carbocycles. The van der Waals surface area contributed by atoms with E-state index in [4.69, 9.17) is 16.9 Å². The fraction of sp³-hybridized carbons (Fsp3) is 0.750. The number of hydrogen-bond donors (Lipinski definition) is 3. The minimum absolute atomic E-state index is 0.0116. The molecule has 5 heteroatoms. The van der Waals surface area contributed by atoms with Crippen molar-refractivity contribution in [3.05, 3.63) is 0 Å². The van der Waals surface area contributed by atoms with E-state index in [2.05, 4.69) is 0 Å². The molecule has 1 amide bonds. The van der Waals surface area contributed by atoms with E-state index in [9.17, 15) is 4.79 Å². The molecular formula is C8H16N4O. The van der Waals surface area contributed by atoms with Crippen molar-refractivity contribution in [3.63, 3.8) is 0 Å². The van der Waals surface area contributed by atoms with Crippen molar-refractivity contribution >= 4 is 11.9 Å². The van der Waals surface area contributed by atoms with Crippen LogP contribution >= 0.6 is 0 Å². The molecule has 1 fully saturated rings. The molecule has 0 bridgehead atoms. The summed E-state index contributed by atoms with van der Waals surface area (Å²) < 4.78 is 0. The number of rotatable bonds is 2. The predicted molar refractivity (Wildman–Crippen MR) is 50.0 cm³/mol. The Morgan fingerprint density at radius 3 is 2.15 bits per heavy atom. The summed E-state index contributed by atoms with van der Waals surface area (Å²) in [5.74, 6) is -0.0851. The van der Waals surface area contributed by atoms with Crippen molar-refractivity contribution < 1.29 is 4.79 Å². The van der Waals surface area contributed by atoms with Crippen LogP contribution in [-0.2, 0) is 4.79 Å². The second kappa shape index (κ2) is 2.90. The predicted octanol–water partition coefficient (Wildman–Crippen LogP) is -0.677. The first-order chi connectivity index (χ1) is 5.90. The Morgan fingerprint density at radius 2 is 1.92 bits per heavy atom. The van der Waals surface area contributed by atoms with Gasteiger partial charge < -0.3 is 16.4 Å². The van der Waals surface area contributed by atoms with Gasteiger partial charge in [-0.3, -0.25) is 10.2 Å². The highest BCUT2D eigenvalue weighted by Crippen LogP contribution is 2.37. The minimum atomic E-state index is -0.480. The average molecular weight is 184 g/mol. The zero-order valence-corrected chi connectivity index (χ0v) is 8.00. The van der Waals surface area contributed by atoms with Gasteiger partial charge in [0.05, 0.1) is 5.41 Å². The molecular weight excluding hydrogens is 168 g/mol. The quantitative estimate of drug-likeness (QED) is 0.392. The largest absolute Gasteiger partial charge is 0.370 e. The van der Waals surface area contributed by atoms with Crippen LogP contribution in [-0.4, -0.2) is 29.9 Å². The summed E-state index contributed by atoms with van der Waals surface area (Å²) in [5, 5.41) is 7.16. The molecule has 1 aliphatic heterocycles. The van der Waals surface area contributed by atoms with E-state index < -0.39 is 5.41 Å². The maximum atomic E-state index is 11.2. The summed E-state index contributed by atoms with van der Waals surface area (Å²) in [6.45, 7) is 4.88. The Labute approximate surface area is 77.6 Å². The van der Waals surface area contributed by atoms with Crippen molar-refractivity contribution in [2.45, 2.75) is 13.8 Å². The van der Waals surface area contributed by atoms with E-state index in [1.807, 2.05) is 13.8 Å². The SMILES string of the molecule is CC(C)C1(C(N)=O)CN(C(=N)N)C1. The topological polar surface area (TPSA) is 96.2 Å². The minimum Gasteiger partial charge on any atom is -0.370 e. The molecule has 74 valence electrons. The number of guanidine groups is 1. The van der Waals surface area contributed by atoms with E-state index in [-0.39, 0.29) is 17.8 Å². The number of likely N-dealkylation sites (tertiary alicyclic amines) is 1. The zero-order valence-electron chi connectivity index (χ0n) is 8.00. The summed E-state index contributed by atoms with van der Waals surface area (Å²) in [7, 11) is 0. The Bertz CT molecular complexity index is 243. The van der Waals surface area contributed by atoms with Gasteiger partial charge >= 0.3 is 0 Å². The summed E-state index contributed by atoms with van der Waals surface area (Å²) in [6.07, 6.45) is 0. The molecule has 0 aromatic carbocycles. The van der Waals surface area contributed by atoms with Gasteiger partial charge in [0.1, 0.15) is 0 Å². The molecule has 0 unspecified atom stereocenters. The van der Waals surface area contributed by atoms with Gasteiger partial charge in [-0.05, 0) is 5.92 Å². The van der Waals surface area contributed by atoms with Crippen LogP contribution in [0.25, 0.3) is 0 Å². The highest BCUT2D eigenvalue weighted by atomic mass is 16.1. The van der Waals surface area contributed by atoms with E-state index in [0.29, 0.717) is 13.1 Å².